The molecule has 4 nitrogen and oxygen atoms in total. The molecule has 2 rings (SSSR count). The average Bonchev–Trinajstić information content (AvgIpc) is 2.50. The van der Waals surface area contributed by atoms with Gasteiger partial charge in [0.2, 0.25) is 5.88 Å². The Bertz CT molecular complexity index is 587. The molecule has 1 aromatic carbocycles. The van der Waals surface area contributed by atoms with Crippen LogP contribution < -0.4 is 10.1 Å². The summed E-state index contributed by atoms with van der Waals surface area (Å²) in [4.78, 5) is 0. The molecule has 0 fully saturated rings. The predicted molar refractivity (Wildman–Crippen MR) is 79.8 cm³/mol. The maximum absolute atomic E-state index is 13.4. The molecule has 1 atom stereocenters. The highest BCUT2D eigenvalue weighted by atomic mass is 19.1. The largest absolute Gasteiger partial charge is 0.480 e. The molecule has 1 heterocycles. The van der Waals surface area contributed by atoms with E-state index in [1.165, 1.54) is 6.07 Å². The fourth-order valence-electron chi connectivity index (χ4n) is 2.23. The number of methoxy groups -OCH3 is 1. The van der Waals surface area contributed by atoms with E-state index in [0.717, 1.165) is 23.4 Å². The van der Waals surface area contributed by atoms with Crippen LogP contribution in [-0.2, 0) is 6.42 Å². The Balaban J connectivity index is 2.23. The molecule has 1 N–H and O–H groups in total. The summed E-state index contributed by atoms with van der Waals surface area (Å²) in [7, 11) is 1.56. The number of ether oxygens (including phenoxy) is 1. The Labute approximate surface area is 124 Å². The summed E-state index contributed by atoms with van der Waals surface area (Å²) < 4.78 is 18.4. The van der Waals surface area contributed by atoms with Crippen LogP contribution in [0.15, 0.2) is 30.3 Å². The summed E-state index contributed by atoms with van der Waals surface area (Å²) in [6, 6.07) is 8.52. The van der Waals surface area contributed by atoms with Crippen LogP contribution in [0.2, 0.25) is 0 Å². The van der Waals surface area contributed by atoms with E-state index in [2.05, 4.69) is 15.5 Å². The maximum Gasteiger partial charge on any atom is 0.233 e. The molecule has 2 aromatic rings. The minimum absolute atomic E-state index is 0.00564. The first-order valence-electron chi connectivity index (χ1n) is 7.00. The van der Waals surface area contributed by atoms with E-state index in [1.54, 1.807) is 25.3 Å². The number of aromatic nitrogens is 2. The van der Waals surface area contributed by atoms with Crippen LogP contribution >= 0.6 is 0 Å². The van der Waals surface area contributed by atoms with Gasteiger partial charge in [0.05, 0.1) is 18.8 Å². The fraction of sp³-hybridized carbons (Fsp3) is 0.375. The van der Waals surface area contributed by atoms with Crippen molar-refractivity contribution < 1.29 is 9.13 Å². The molecule has 1 aromatic heterocycles. The Morgan fingerprint density at radius 2 is 2.05 bits per heavy atom. The van der Waals surface area contributed by atoms with Crippen molar-refractivity contribution in [1.82, 2.24) is 15.5 Å². The van der Waals surface area contributed by atoms with Gasteiger partial charge >= 0.3 is 0 Å². The van der Waals surface area contributed by atoms with Gasteiger partial charge in [-0.25, -0.2) is 4.39 Å². The lowest BCUT2D eigenvalue weighted by molar-refractivity contribution is 0.389. The molecule has 21 heavy (non-hydrogen) atoms. The molecule has 0 aliphatic heterocycles. The van der Waals surface area contributed by atoms with E-state index < -0.39 is 0 Å². The second-order valence-corrected chi connectivity index (χ2v) is 4.89. The number of hydrogen-bond acceptors (Lipinski definition) is 4. The Morgan fingerprint density at radius 3 is 2.67 bits per heavy atom. The van der Waals surface area contributed by atoms with Gasteiger partial charge in [0.25, 0.3) is 0 Å². The molecule has 112 valence electrons. The van der Waals surface area contributed by atoms with Crippen LogP contribution in [-0.4, -0.2) is 23.9 Å². The lowest BCUT2D eigenvalue weighted by Gasteiger charge is -2.18. The molecule has 0 saturated carbocycles. The summed E-state index contributed by atoms with van der Waals surface area (Å²) in [5, 5.41) is 11.5. The van der Waals surface area contributed by atoms with Crippen LogP contribution in [0.25, 0.3) is 0 Å². The first kappa shape index (κ1) is 15.4. The smallest absolute Gasteiger partial charge is 0.233 e. The fourth-order valence-corrected chi connectivity index (χ4v) is 2.23. The van der Waals surface area contributed by atoms with Crippen LogP contribution in [0, 0.1) is 12.7 Å². The van der Waals surface area contributed by atoms with Crippen molar-refractivity contribution >= 4 is 0 Å². The van der Waals surface area contributed by atoms with Gasteiger partial charge in [-0.1, -0.05) is 13.0 Å². The summed E-state index contributed by atoms with van der Waals surface area (Å²) in [6.45, 7) is 4.81. The molecule has 1 unspecified atom stereocenters. The van der Waals surface area contributed by atoms with Crippen molar-refractivity contribution in [3.05, 3.63) is 53.0 Å². The van der Waals surface area contributed by atoms with E-state index in [1.807, 2.05) is 19.9 Å². The summed E-state index contributed by atoms with van der Waals surface area (Å²) in [6.07, 6.45) is 0.665. The van der Waals surface area contributed by atoms with Crippen LogP contribution in [0.3, 0.4) is 0 Å². The number of likely N-dealkylation sites (N-methyl/N-ethyl adjacent to an activating group) is 1. The van der Waals surface area contributed by atoms with E-state index in [4.69, 9.17) is 4.74 Å². The highest BCUT2D eigenvalue weighted by molar-refractivity contribution is 5.28. The third-order valence-electron chi connectivity index (χ3n) is 3.41. The van der Waals surface area contributed by atoms with Gasteiger partial charge in [0.15, 0.2) is 0 Å². The van der Waals surface area contributed by atoms with Crippen molar-refractivity contribution in [2.75, 3.05) is 13.7 Å². The van der Waals surface area contributed by atoms with Crippen molar-refractivity contribution in [1.29, 1.82) is 0 Å². The predicted octanol–water partition coefficient (Wildman–Crippen LogP) is 2.83. The Morgan fingerprint density at radius 1 is 1.24 bits per heavy atom. The summed E-state index contributed by atoms with van der Waals surface area (Å²) in [5.74, 6) is 0.266. The van der Waals surface area contributed by atoms with E-state index in [-0.39, 0.29) is 11.9 Å². The number of aryl methyl sites for hydroxylation is 1. The van der Waals surface area contributed by atoms with E-state index in [9.17, 15) is 4.39 Å². The number of halogens is 1. The minimum atomic E-state index is -0.216. The molecule has 0 aliphatic carbocycles. The highest BCUT2D eigenvalue weighted by Gasteiger charge is 2.15. The van der Waals surface area contributed by atoms with Gasteiger partial charge in [0, 0.05) is 6.07 Å². The Hall–Kier alpha value is -2.01. The van der Waals surface area contributed by atoms with Crippen LogP contribution in [0.4, 0.5) is 4.39 Å². The molecule has 0 radical (unpaired) electrons. The van der Waals surface area contributed by atoms with Gasteiger partial charge in [0.1, 0.15) is 5.82 Å². The third kappa shape index (κ3) is 3.98. The molecule has 0 amide bonds. The van der Waals surface area contributed by atoms with E-state index in [0.29, 0.717) is 12.3 Å². The zero-order chi connectivity index (χ0) is 15.2. The third-order valence-corrected chi connectivity index (χ3v) is 3.41. The molecule has 0 saturated heterocycles. The molecular formula is C16H20FN3O. The van der Waals surface area contributed by atoms with Crippen molar-refractivity contribution in [2.24, 2.45) is 0 Å². The number of benzene rings is 1. The Kier molecular flexibility index (Phi) is 5.22. The van der Waals surface area contributed by atoms with Crippen molar-refractivity contribution in [3.8, 4) is 5.88 Å². The quantitative estimate of drug-likeness (QED) is 0.888. The van der Waals surface area contributed by atoms with Gasteiger partial charge in [-0.05, 0) is 49.2 Å². The monoisotopic (exact) mass is 289 g/mol. The molecule has 0 spiro atoms. The number of nitrogens with one attached hydrogen (secondary N) is 1. The second kappa shape index (κ2) is 7.13. The van der Waals surface area contributed by atoms with Gasteiger partial charge in [-0.3, -0.25) is 0 Å². The molecule has 0 bridgehead atoms. The second-order valence-electron chi connectivity index (χ2n) is 4.89. The van der Waals surface area contributed by atoms with Crippen LogP contribution in [0.1, 0.15) is 29.8 Å². The first-order valence-corrected chi connectivity index (χ1v) is 7.00. The van der Waals surface area contributed by atoms with Gasteiger partial charge < -0.3 is 10.1 Å². The SMILES string of the molecule is CCNC(Cc1cc(F)ccc1C)c1ccc(OC)nn1. The zero-order valence-corrected chi connectivity index (χ0v) is 12.6. The van der Waals surface area contributed by atoms with Crippen LogP contribution in [0.5, 0.6) is 5.88 Å². The summed E-state index contributed by atoms with van der Waals surface area (Å²) >= 11 is 0. The summed E-state index contributed by atoms with van der Waals surface area (Å²) in [5.41, 5.74) is 2.86. The zero-order valence-electron chi connectivity index (χ0n) is 12.6. The number of rotatable bonds is 6. The average molecular weight is 289 g/mol. The number of nitrogens with zero attached hydrogens (tertiary/aromatic N) is 2. The maximum atomic E-state index is 13.4. The van der Waals surface area contributed by atoms with Crippen molar-refractivity contribution in [3.63, 3.8) is 0 Å². The minimum Gasteiger partial charge on any atom is -0.480 e. The standard InChI is InChI=1S/C16H20FN3O/c1-4-18-15(14-7-8-16(21-3)20-19-14)10-12-9-13(17)6-5-11(12)2/h5-9,15,18H,4,10H2,1-3H3. The number of hydrogen-bond donors (Lipinski definition) is 1. The normalized spacial score (nSPS) is 12.2. The van der Waals surface area contributed by atoms with Gasteiger partial charge in [-0.2, -0.15) is 5.10 Å². The molecule has 5 heteroatoms. The first-order chi connectivity index (χ1) is 10.1. The lowest BCUT2D eigenvalue weighted by atomic mass is 9.99. The van der Waals surface area contributed by atoms with Crippen molar-refractivity contribution in [2.45, 2.75) is 26.3 Å². The lowest BCUT2D eigenvalue weighted by Crippen LogP contribution is -2.24. The molecular weight excluding hydrogens is 269 g/mol. The van der Waals surface area contributed by atoms with E-state index >= 15 is 0 Å². The topological polar surface area (TPSA) is 47.0 Å². The van der Waals surface area contributed by atoms with Gasteiger partial charge in [-0.15, -0.1) is 5.10 Å². The molecule has 0 aliphatic rings. The highest BCUT2D eigenvalue weighted by Crippen LogP contribution is 2.20.